The summed E-state index contributed by atoms with van der Waals surface area (Å²) in [6.07, 6.45) is 41.5. The Kier molecular flexibility index (Phi) is 30.4. The Morgan fingerprint density at radius 3 is 0.765 bits per heavy atom. The maximum Gasteiger partial charge on any atom is 0.123 e. The van der Waals surface area contributed by atoms with E-state index >= 15 is 0 Å². The Hall–Kier alpha value is -0.330. The molecule has 0 aliphatic carbocycles. The molecule has 0 aromatic heterocycles. The number of hydrogen-bond acceptors (Lipinski definition) is 1. The minimum absolute atomic E-state index is 0.338. The lowest BCUT2D eigenvalue weighted by atomic mass is 9.95. The summed E-state index contributed by atoms with van der Waals surface area (Å²) in [5, 5.41) is 0. The Morgan fingerprint density at radius 2 is 0.559 bits per heavy atom. The standard InChI is InChI=1S/C33H66O/c1-3-5-7-9-11-13-15-16-17-18-19-21-23-25-27-29-31-33(32-34)30-28-26-24-22-20-14-12-10-8-6-4-2/h32-33H,3-31H2,1-2H3. The van der Waals surface area contributed by atoms with E-state index in [4.69, 9.17) is 0 Å². The molecule has 34 heavy (non-hydrogen) atoms. The van der Waals surface area contributed by atoms with Gasteiger partial charge in [-0.15, -0.1) is 0 Å². The molecule has 0 aromatic carbocycles. The molecule has 0 bridgehead atoms. The van der Waals surface area contributed by atoms with Crippen LogP contribution in [0.1, 0.15) is 200 Å². The predicted molar refractivity (Wildman–Crippen MR) is 155 cm³/mol. The number of rotatable bonds is 30. The number of aldehydes is 1. The highest BCUT2D eigenvalue weighted by Gasteiger charge is 2.06. The van der Waals surface area contributed by atoms with Crippen molar-refractivity contribution < 1.29 is 4.79 Å². The summed E-state index contributed by atoms with van der Waals surface area (Å²) in [7, 11) is 0. The molecule has 0 spiro atoms. The molecule has 0 N–H and O–H groups in total. The quantitative estimate of drug-likeness (QED) is 0.0740. The zero-order chi connectivity index (χ0) is 24.8. The van der Waals surface area contributed by atoms with Gasteiger partial charge >= 0.3 is 0 Å². The van der Waals surface area contributed by atoms with E-state index in [9.17, 15) is 4.79 Å². The van der Waals surface area contributed by atoms with Gasteiger partial charge in [0.2, 0.25) is 0 Å². The molecule has 0 fully saturated rings. The van der Waals surface area contributed by atoms with E-state index in [1.165, 1.54) is 180 Å². The van der Waals surface area contributed by atoms with Crippen LogP contribution in [0.25, 0.3) is 0 Å². The van der Waals surface area contributed by atoms with Gasteiger partial charge in [0.05, 0.1) is 0 Å². The summed E-state index contributed by atoms with van der Waals surface area (Å²) in [5.74, 6) is 0.338. The molecule has 204 valence electrons. The van der Waals surface area contributed by atoms with Gasteiger partial charge in [-0.2, -0.15) is 0 Å². The first kappa shape index (κ1) is 33.7. The summed E-state index contributed by atoms with van der Waals surface area (Å²) in [4.78, 5) is 11.4. The number of unbranched alkanes of at least 4 members (excludes halogenated alkanes) is 25. The van der Waals surface area contributed by atoms with Crippen molar-refractivity contribution in [3.8, 4) is 0 Å². The normalized spacial score (nSPS) is 12.3. The minimum atomic E-state index is 0.338. The van der Waals surface area contributed by atoms with E-state index in [0.717, 1.165) is 12.8 Å². The molecule has 0 aromatic rings. The fourth-order valence-electron chi connectivity index (χ4n) is 5.31. The zero-order valence-electron chi connectivity index (χ0n) is 24.1. The lowest BCUT2D eigenvalue weighted by molar-refractivity contribution is -0.111. The van der Waals surface area contributed by atoms with Gasteiger partial charge in [-0.1, -0.05) is 187 Å². The van der Waals surface area contributed by atoms with E-state index in [0.29, 0.717) is 5.92 Å². The van der Waals surface area contributed by atoms with Gasteiger partial charge in [-0.05, 0) is 12.8 Å². The SMILES string of the molecule is CCCCCCCCCCCCCCCCCCC(C=O)CCCCCCCCCCCCC. The van der Waals surface area contributed by atoms with Crippen molar-refractivity contribution in [2.45, 2.75) is 200 Å². The van der Waals surface area contributed by atoms with Crippen molar-refractivity contribution in [2.24, 2.45) is 5.92 Å². The van der Waals surface area contributed by atoms with Gasteiger partial charge in [0.1, 0.15) is 6.29 Å². The van der Waals surface area contributed by atoms with Crippen molar-refractivity contribution in [3.63, 3.8) is 0 Å². The highest BCUT2D eigenvalue weighted by Crippen LogP contribution is 2.19. The van der Waals surface area contributed by atoms with Gasteiger partial charge < -0.3 is 4.79 Å². The summed E-state index contributed by atoms with van der Waals surface area (Å²) >= 11 is 0. The Labute approximate surface area is 217 Å². The molecule has 0 amide bonds. The van der Waals surface area contributed by atoms with Crippen LogP contribution >= 0.6 is 0 Å². The van der Waals surface area contributed by atoms with Crippen LogP contribution in [-0.4, -0.2) is 6.29 Å². The van der Waals surface area contributed by atoms with Crippen LogP contribution in [0.15, 0.2) is 0 Å². The molecular formula is C33H66O. The monoisotopic (exact) mass is 479 g/mol. The molecule has 0 rings (SSSR count). The van der Waals surface area contributed by atoms with Crippen molar-refractivity contribution in [2.75, 3.05) is 0 Å². The summed E-state index contributed by atoms with van der Waals surface area (Å²) < 4.78 is 0. The highest BCUT2D eigenvalue weighted by atomic mass is 16.1. The van der Waals surface area contributed by atoms with Crippen molar-refractivity contribution >= 4 is 6.29 Å². The molecule has 1 atom stereocenters. The molecule has 0 saturated heterocycles. The number of carbonyl (C=O) groups is 1. The molecule has 0 radical (unpaired) electrons. The fourth-order valence-corrected chi connectivity index (χ4v) is 5.31. The predicted octanol–water partition coefficient (Wildman–Crippen LogP) is 12.2. The summed E-state index contributed by atoms with van der Waals surface area (Å²) in [6.45, 7) is 4.58. The molecule has 0 aliphatic heterocycles. The van der Waals surface area contributed by atoms with Crippen LogP contribution in [0, 0.1) is 5.92 Å². The van der Waals surface area contributed by atoms with E-state index in [1.54, 1.807) is 0 Å². The maximum atomic E-state index is 11.4. The van der Waals surface area contributed by atoms with Crippen molar-refractivity contribution in [3.05, 3.63) is 0 Å². The van der Waals surface area contributed by atoms with E-state index in [-0.39, 0.29) is 0 Å². The molecule has 0 saturated carbocycles. The van der Waals surface area contributed by atoms with Crippen LogP contribution < -0.4 is 0 Å². The van der Waals surface area contributed by atoms with Gasteiger partial charge in [0.25, 0.3) is 0 Å². The Morgan fingerprint density at radius 1 is 0.353 bits per heavy atom. The largest absolute Gasteiger partial charge is 0.303 e. The molecule has 0 heterocycles. The maximum absolute atomic E-state index is 11.4. The third-order valence-corrected chi connectivity index (χ3v) is 7.80. The van der Waals surface area contributed by atoms with Crippen LogP contribution in [-0.2, 0) is 4.79 Å². The van der Waals surface area contributed by atoms with Crippen molar-refractivity contribution in [1.29, 1.82) is 0 Å². The third-order valence-electron chi connectivity index (χ3n) is 7.80. The summed E-state index contributed by atoms with van der Waals surface area (Å²) in [6, 6.07) is 0. The zero-order valence-corrected chi connectivity index (χ0v) is 24.1. The van der Waals surface area contributed by atoms with Gasteiger partial charge in [0, 0.05) is 5.92 Å². The second kappa shape index (κ2) is 30.7. The highest BCUT2D eigenvalue weighted by molar-refractivity contribution is 5.53. The molecule has 0 aliphatic rings. The Balaban J connectivity index is 3.25. The number of hydrogen-bond donors (Lipinski definition) is 0. The topological polar surface area (TPSA) is 17.1 Å². The average molecular weight is 479 g/mol. The van der Waals surface area contributed by atoms with E-state index in [2.05, 4.69) is 13.8 Å². The first-order chi connectivity index (χ1) is 16.8. The van der Waals surface area contributed by atoms with Crippen LogP contribution in [0.4, 0.5) is 0 Å². The molecule has 1 nitrogen and oxygen atoms in total. The van der Waals surface area contributed by atoms with Gasteiger partial charge in [-0.25, -0.2) is 0 Å². The number of carbonyl (C=O) groups excluding carboxylic acids is 1. The van der Waals surface area contributed by atoms with Crippen molar-refractivity contribution in [1.82, 2.24) is 0 Å². The van der Waals surface area contributed by atoms with Gasteiger partial charge in [0.15, 0.2) is 0 Å². The average Bonchev–Trinajstić information content (AvgIpc) is 2.85. The smallest absolute Gasteiger partial charge is 0.123 e. The lowest BCUT2D eigenvalue weighted by Crippen LogP contribution is -2.02. The van der Waals surface area contributed by atoms with E-state index < -0.39 is 0 Å². The van der Waals surface area contributed by atoms with Crippen LogP contribution in [0.3, 0.4) is 0 Å². The van der Waals surface area contributed by atoms with Gasteiger partial charge in [-0.3, -0.25) is 0 Å². The second-order valence-corrected chi connectivity index (χ2v) is 11.3. The summed E-state index contributed by atoms with van der Waals surface area (Å²) in [5.41, 5.74) is 0. The molecular weight excluding hydrogens is 412 g/mol. The second-order valence-electron chi connectivity index (χ2n) is 11.3. The molecule has 1 unspecified atom stereocenters. The third kappa shape index (κ3) is 27.9. The lowest BCUT2D eigenvalue weighted by Gasteiger charge is -2.10. The minimum Gasteiger partial charge on any atom is -0.303 e. The molecule has 1 heteroatoms. The first-order valence-electron chi connectivity index (χ1n) is 16.3. The Bertz CT molecular complexity index is 364. The first-order valence-corrected chi connectivity index (χ1v) is 16.3. The van der Waals surface area contributed by atoms with E-state index in [1.807, 2.05) is 0 Å². The van der Waals surface area contributed by atoms with Crippen LogP contribution in [0.5, 0.6) is 0 Å². The fraction of sp³-hybridized carbons (Fsp3) is 0.970. The van der Waals surface area contributed by atoms with Crippen LogP contribution in [0.2, 0.25) is 0 Å².